The molecule has 0 radical (unpaired) electrons. The van der Waals surface area contributed by atoms with Gasteiger partial charge in [0.15, 0.2) is 0 Å². The van der Waals surface area contributed by atoms with Crippen LogP contribution in [0.3, 0.4) is 0 Å². The molecular weight excluding hydrogens is 232 g/mol. The lowest BCUT2D eigenvalue weighted by atomic mass is 9.95. The van der Waals surface area contributed by atoms with Crippen LogP contribution in [0, 0.1) is 11.3 Å². The van der Waals surface area contributed by atoms with Gasteiger partial charge in [-0.2, -0.15) is 0 Å². The summed E-state index contributed by atoms with van der Waals surface area (Å²) in [4.78, 5) is 16.2. The molecule has 102 valence electrons. The molecule has 0 saturated heterocycles. The summed E-state index contributed by atoms with van der Waals surface area (Å²) in [7, 11) is 2.89. The molecule has 1 aliphatic rings. The van der Waals surface area contributed by atoms with Crippen LogP contribution in [0.4, 0.5) is 0 Å². The van der Waals surface area contributed by atoms with Crippen LogP contribution in [0.2, 0.25) is 0 Å². The lowest BCUT2D eigenvalue weighted by Gasteiger charge is -2.21. The van der Waals surface area contributed by atoms with Crippen LogP contribution in [-0.4, -0.2) is 44.8 Å². The monoisotopic (exact) mass is 254 g/mol. The SMILES string of the molecule is COCC(=NC1CCCCC1)C(C=N)C(=O)OC. The minimum Gasteiger partial charge on any atom is -0.468 e. The highest BCUT2D eigenvalue weighted by Gasteiger charge is 2.24. The minimum atomic E-state index is -0.711. The molecule has 0 spiro atoms. The van der Waals surface area contributed by atoms with Crippen molar-refractivity contribution < 1.29 is 14.3 Å². The third-order valence-electron chi connectivity index (χ3n) is 3.20. The first-order valence-corrected chi connectivity index (χ1v) is 6.36. The van der Waals surface area contributed by atoms with Crippen molar-refractivity contribution in [3.8, 4) is 0 Å². The van der Waals surface area contributed by atoms with Gasteiger partial charge < -0.3 is 14.9 Å². The first-order chi connectivity index (χ1) is 8.72. The Labute approximate surface area is 108 Å². The van der Waals surface area contributed by atoms with Gasteiger partial charge in [-0.1, -0.05) is 19.3 Å². The summed E-state index contributed by atoms with van der Waals surface area (Å²) in [6.07, 6.45) is 6.81. The molecule has 0 aromatic carbocycles. The maximum Gasteiger partial charge on any atom is 0.319 e. The van der Waals surface area contributed by atoms with E-state index in [2.05, 4.69) is 4.99 Å². The fourth-order valence-corrected chi connectivity index (χ4v) is 2.23. The van der Waals surface area contributed by atoms with Crippen molar-refractivity contribution in [1.29, 1.82) is 5.41 Å². The molecule has 5 nitrogen and oxygen atoms in total. The van der Waals surface area contributed by atoms with Crippen LogP contribution in [0.25, 0.3) is 0 Å². The van der Waals surface area contributed by atoms with Crippen molar-refractivity contribution in [2.45, 2.75) is 38.1 Å². The number of methoxy groups -OCH3 is 2. The number of aliphatic imine (C=N–C) groups is 1. The Kier molecular flexibility index (Phi) is 6.57. The average molecular weight is 254 g/mol. The maximum absolute atomic E-state index is 11.6. The van der Waals surface area contributed by atoms with E-state index in [4.69, 9.17) is 14.9 Å². The number of carbonyl (C=O) groups excluding carboxylic acids is 1. The Balaban J connectivity index is 2.80. The molecule has 0 heterocycles. The molecular formula is C13H22N2O3. The van der Waals surface area contributed by atoms with Gasteiger partial charge in [0.2, 0.25) is 0 Å². The zero-order chi connectivity index (χ0) is 13.4. The summed E-state index contributed by atoms with van der Waals surface area (Å²) in [5.74, 6) is -1.16. The van der Waals surface area contributed by atoms with Crippen LogP contribution >= 0.6 is 0 Å². The Morgan fingerprint density at radius 2 is 2.06 bits per heavy atom. The first-order valence-electron chi connectivity index (χ1n) is 6.36. The predicted molar refractivity (Wildman–Crippen MR) is 70.5 cm³/mol. The Hall–Kier alpha value is -1.23. The van der Waals surface area contributed by atoms with E-state index < -0.39 is 11.9 Å². The van der Waals surface area contributed by atoms with Crippen LogP contribution in [0.5, 0.6) is 0 Å². The van der Waals surface area contributed by atoms with Gasteiger partial charge >= 0.3 is 5.97 Å². The standard InChI is InChI=1S/C13H22N2O3/c1-17-9-12(11(8-14)13(16)18-2)15-10-6-4-3-5-7-10/h8,10-11,14H,3-7,9H2,1-2H3. The molecule has 1 atom stereocenters. The van der Waals surface area contributed by atoms with Gasteiger partial charge in [0.05, 0.1) is 25.5 Å². The van der Waals surface area contributed by atoms with Gasteiger partial charge in [-0.05, 0) is 12.8 Å². The topological polar surface area (TPSA) is 71.7 Å². The second-order valence-electron chi connectivity index (χ2n) is 4.51. The van der Waals surface area contributed by atoms with Crippen molar-refractivity contribution in [2.24, 2.45) is 10.9 Å². The number of nitrogens with one attached hydrogen (secondary N) is 1. The van der Waals surface area contributed by atoms with Crippen molar-refractivity contribution in [1.82, 2.24) is 0 Å². The van der Waals surface area contributed by atoms with Crippen molar-refractivity contribution in [2.75, 3.05) is 20.8 Å². The molecule has 5 heteroatoms. The second-order valence-corrected chi connectivity index (χ2v) is 4.51. The van der Waals surface area contributed by atoms with Crippen LogP contribution in [0.15, 0.2) is 4.99 Å². The molecule has 1 rings (SSSR count). The zero-order valence-electron chi connectivity index (χ0n) is 11.1. The highest BCUT2D eigenvalue weighted by Crippen LogP contribution is 2.21. The molecule has 0 aromatic heterocycles. The number of rotatable bonds is 6. The normalized spacial score (nSPS) is 19.3. The van der Waals surface area contributed by atoms with E-state index in [0.717, 1.165) is 19.1 Å². The van der Waals surface area contributed by atoms with Gasteiger partial charge in [0, 0.05) is 13.3 Å². The minimum absolute atomic E-state index is 0.260. The smallest absolute Gasteiger partial charge is 0.319 e. The third kappa shape index (κ3) is 4.22. The maximum atomic E-state index is 11.6. The van der Waals surface area contributed by atoms with Gasteiger partial charge in [-0.25, -0.2) is 0 Å². The average Bonchev–Trinajstić information content (AvgIpc) is 2.40. The van der Waals surface area contributed by atoms with Crippen molar-refractivity contribution in [3.63, 3.8) is 0 Å². The van der Waals surface area contributed by atoms with Gasteiger partial charge in [0.1, 0.15) is 5.92 Å². The Morgan fingerprint density at radius 3 is 2.56 bits per heavy atom. The van der Waals surface area contributed by atoms with E-state index in [1.54, 1.807) is 7.11 Å². The number of hydrogen-bond acceptors (Lipinski definition) is 5. The summed E-state index contributed by atoms with van der Waals surface area (Å²) in [5.41, 5.74) is 0.603. The summed E-state index contributed by atoms with van der Waals surface area (Å²) >= 11 is 0. The summed E-state index contributed by atoms with van der Waals surface area (Å²) in [6.45, 7) is 0.269. The van der Waals surface area contributed by atoms with Gasteiger partial charge in [-0.15, -0.1) is 0 Å². The number of carbonyl (C=O) groups is 1. The molecule has 0 amide bonds. The molecule has 1 unspecified atom stereocenters. The van der Waals surface area contributed by atoms with Crippen LogP contribution in [-0.2, 0) is 14.3 Å². The van der Waals surface area contributed by atoms with E-state index in [1.165, 1.54) is 26.4 Å². The molecule has 0 bridgehead atoms. The molecule has 1 fully saturated rings. The number of ether oxygens (including phenoxy) is 2. The lowest BCUT2D eigenvalue weighted by molar-refractivity contribution is -0.141. The Bertz CT molecular complexity index is 309. The highest BCUT2D eigenvalue weighted by molar-refractivity contribution is 6.14. The predicted octanol–water partition coefficient (Wildman–Crippen LogP) is 1.85. The van der Waals surface area contributed by atoms with E-state index in [1.807, 2.05) is 0 Å². The van der Waals surface area contributed by atoms with E-state index in [-0.39, 0.29) is 12.6 Å². The Morgan fingerprint density at radius 1 is 1.39 bits per heavy atom. The van der Waals surface area contributed by atoms with E-state index >= 15 is 0 Å². The first kappa shape index (κ1) is 14.8. The van der Waals surface area contributed by atoms with Crippen molar-refractivity contribution >= 4 is 17.9 Å². The quantitative estimate of drug-likeness (QED) is 0.580. The van der Waals surface area contributed by atoms with Gasteiger partial charge in [-0.3, -0.25) is 9.79 Å². The highest BCUT2D eigenvalue weighted by atomic mass is 16.5. The fourth-order valence-electron chi connectivity index (χ4n) is 2.23. The summed E-state index contributed by atoms with van der Waals surface area (Å²) < 4.78 is 9.77. The van der Waals surface area contributed by atoms with Crippen molar-refractivity contribution in [3.05, 3.63) is 0 Å². The zero-order valence-corrected chi connectivity index (χ0v) is 11.1. The van der Waals surface area contributed by atoms with Crippen LogP contribution < -0.4 is 0 Å². The van der Waals surface area contributed by atoms with Crippen LogP contribution in [0.1, 0.15) is 32.1 Å². The summed E-state index contributed by atoms with van der Waals surface area (Å²) in [6, 6.07) is 0.260. The molecule has 18 heavy (non-hydrogen) atoms. The number of esters is 1. The molecule has 1 aliphatic carbocycles. The largest absolute Gasteiger partial charge is 0.468 e. The number of nitrogens with zero attached hydrogens (tertiary/aromatic N) is 1. The van der Waals surface area contributed by atoms with E-state index in [0.29, 0.717) is 5.71 Å². The summed E-state index contributed by atoms with van der Waals surface area (Å²) in [5, 5.41) is 7.36. The number of hydrogen-bond donors (Lipinski definition) is 1. The molecule has 0 aromatic rings. The lowest BCUT2D eigenvalue weighted by Crippen LogP contribution is -2.31. The van der Waals surface area contributed by atoms with Gasteiger partial charge in [0.25, 0.3) is 0 Å². The fraction of sp³-hybridized carbons (Fsp3) is 0.769. The molecule has 1 N–H and O–H groups in total. The van der Waals surface area contributed by atoms with E-state index in [9.17, 15) is 4.79 Å². The molecule has 1 saturated carbocycles. The second kappa shape index (κ2) is 7.97. The molecule has 0 aliphatic heterocycles. The third-order valence-corrected chi connectivity index (χ3v) is 3.20.